The first-order chi connectivity index (χ1) is 13.6. The van der Waals surface area contributed by atoms with Crippen LogP contribution in [0.25, 0.3) is 26.9 Å². The Morgan fingerprint density at radius 1 is 1.07 bits per heavy atom. The van der Waals surface area contributed by atoms with Crippen LogP contribution in [0.2, 0.25) is 5.02 Å². The van der Waals surface area contributed by atoms with Gasteiger partial charge in [0.1, 0.15) is 5.01 Å². The number of hydrogen-bond acceptors (Lipinski definition) is 3. The standard InChI is InChI=1S/C23H17ClN2OS/c1-15-5-11-20-21(13-15)28-23(26-20)17-7-9-19(10-8-17)25-22(27)12-6-16-3-2-4-18(24)14-16/h2-14H,1H3,(H,25,27). The van der Waals surface area contributed by atoms with Gasteiger partial charge in [0, 0.05) is 22.3 Å². The number of halogens is 1. The maximum Gasteiger partial charge on any atom is 0.248 e. The Bertz CT molecular complexity index is 1180. The van der Waals surface area contributed by atoms with Crippen LogP contribution < -0.4 is 5.32 Å². The summed E-state index contributed by atoms with van der Waals surface area (Å²) in [5.41, 5.74) is 4.89. The van der Waals surface area contributed by atoms with Crippen molar-refractivity contribution in [3.63, 3.8) is 0 Å². The van der Waals surface area contributed by atoms with Crippen LogP contribution in [0.1, 0.15) is 11.1 Å². The van der Waals surface area contributed by atoms with Gasteiger partial charge in [-0.3, -0.25) is 4.79 Å². The Hall–Kier alpha value is -2.95. The smallest absolute Gasteiger partial charge is 0.248 e. The molecule has 0 aliphatic rings. The van der Waals surface area contributed by atoms with Gasteiger partial charge >= 0.3 is 0 Å². The first-order valence-electron chi connectivity index (χ1n) is 8.79. The molecular formula is C23H17ClN2OS. The summed E-state index contributed by atoms with van der Waals surface area (Å²) in [5.74, 6) is -0.191. The molecule has 28 heavy (non-hydrogen) atoms. The van der Waals surface area contributed by atoms with Crippen LogP contribution in [-0.4, -0.2) is 10.9 Å². The molecule has 1 aromatic heterocycles. The molecule has 0 aliphatic carbocycles. The molecule has 0 saturated carbocycles. The minimum absolute atomic E-state index is 0.191. The Morgan fingerprint density at radius 3 is 2.68 bits per heavy atom. The van der Waals surface area contributed by atoms with E-state index >= 15 is 0 Å². The highest BCUT2D eigenvalue weighted by Crippen LogP contribution is 2.31. The number of nitrogens with one attached hydrogen (secondary N) is 1. The van der Waals surface area contributed by atoms with E-state index in [0.29, 0.717) is 5.02 Å². The van der Waals surface area contributed by atoms with Gasteiger partial charge in [0.15, 0.2) is 0 Å². The topological polar surface area (TPSA) is 42.0 Å². The Balaban J connectivity index is 1.46. The van der Waals surface area contributed by atoms with Crippen molar-refractivity contribution in [1.82, 2.24) is 4.98 Å². The molecule has 0 radical (unpaired) electrons. The number of aryl methyl sites for hydroxylation is 1. The molecule has 5 heteroatoms. The second kappa shape index (κ2) is 7.97. The van der Waals surface area contributed by atoms with E-state index in [0.717, 1.165) is 27.3 Å². The zero-order valence-corrected chi connectivity index (χ0v) is 16.7. The van der Waals surface area contributed by atoms with E-state index in [9.17, 15) is 4.79 Å². The Kier molecular flexibility index (Phi) is 5.24. The number of carbonyl (C=O) groups is 1. The van der Waals surface area contributed by atoms with Gasteiger partial charge in [0.2, 0.25) is 5.91 Å². The highest BCUT2D eigenvalue weighted by molar-refractivity contribution is 7.21. The van der Waals surface area contributed by atoms with Crippen molar-refractivity contribution in [2.24, 2.45) is 0 Å². The molecular weight excluding hydrogens is 388 g/mol. The van der Waals surface area contributed by atoms with Crippen LogP contribution in [0.5, 0.6) is 0 Å². The SMILES string of the molecule is Cc1ccc2nc(-c3ccc(NC(=O)C=Cc4cccc(Cl)c4)cc3)sc2c1. The van der Waals surface area contributed by atoms with Crippen molar-refractivity contribution in [2.45, 2.75) is 6.92 Å². The lowest BCUT2D eigenvalue weighted by Gasteiger charge is -2.03. The van der Waals surface area contributed by atoms with Gasteiger partial charge in [-0.05, 0) is 72.7 Å². The molecule has 0 saturated heterocycles. The molecule has 1 heterocycles. The average molecular weight is 405 g/mol. The zero-order valence-electron chi connectivity index (χ0n) is 15.1. The maximum absolute atomic E-state index is 12.1. The second-order valence-electron chi connectivity index (χ2n) is 6.45. The van der Waals surface area contributed by atoms with Gasteiger partial charge < -0.3 is 5.32 Å². The number of fused-ring (bicyclic) bond motifs is 1. The quantitative estimate of drug-likeness (QED) is 0.390. The monoisotopic (exact) mass is 404 g/mol. The van der Waals surface area contributed by atoms with Crippen LogP contribution in [0.3, 0.4) is 0 Å². The number of benzene rings is 3. The summed E-state index contributed by atoms with van der Waals surface area (Å²) in [6.45, 7) is 2.08. The van der Waals surface area contributed by atoms with Crippen LogP contribution in [0.4, 0.5) is 5.69 Å². The molecule has 0 atom stereocenters. The minimum atomic E-state index is -0.191. The summed E-state index contributed by atoms with van der Waals surface area (Å²) in [6.07, 6.45) is 3.23. The summed E-state index contributed by atoms with van der Waals surface area (Å²) in [7, 11) is 0. The minimum Gasteiger partial charge on any atom is -0.323 e. The molecule has 1 amide bonds. The highest BCUT2D eigenvalue weighted by Gasteiger charge is 2.07. The average Bonchev–Trinajstić information content (AvgIpc) is 3.10. The predicted molar refractivity (Wildman–Crippen MR) is 119 cm³/mol. The first kappa shape index (κ1) is 18.4. The van der Waals surface area contributed by atoms with Crippen molar-refractivity contribution in [3.8, 4) is 10.6 Å². The number of rotatable bonds is 4. The van der Waals surface area contributed by atoms with Crippen LogP contribution >= 0.6 is 22.9 Å². The molecule has 138 valence electrons. The van der Waals surface area contributed by atoms with Crippen LogP contribution in [0.15, 0.2) is 72.8 Å². The predicted octanol–water partition coefficient (Wildman–Crippen LogP) is 6.58. The molecule has 4 rings (SSSR count). The van der Waals surface area contributed by atoms with Gasteiger partial charge in [-0.25, -0.2) is 4.98 Å². The number of amides is 1. The van der Waals surface area contributed by atoms with E-state index in [4.69, 9.17) is 16.6 Å². The van der Waals surface area contributed by atoms with Crippen molar-refractivity contribution in [3.05, 3.63) is 89.0 Å². The lowest BCUT2D eigenvalue weighted by Crippen LogP contribution is -2.07. The van der Waals surface area contributed by atoms with Crippen LogP contribution in [0, 0.1) is 6.92 Å². The van der Waals surface area contributed by atoms with Gasteiger partial charge in [0.05, 0.1) is 10.2 Å². The summed E-state index contributed by atoms with van der Waals surface area (Å²) in [5, 5.41) is 4.48. The number of aromatic nitrogens is 1. The summed E-state index contributed by atoms with van der Waals surface area (Å²) in [6, 6.07) is 21.3. The van der Waals surface area contributed by atoms with Crippen molar-refractivity contribution < 1.29 is 4.79 Å². The van der Waals surface area contributed by atoms with Crippen molar-refractivity contribution in [2.75, 3.05) is 5.32 Å². The van der Waals surface area contributed by atoms with Gasteiger partial charge in [-0.1, -0.05) is 29.8 Å². The lowest BCUT2D eigenvalue weighted by molar-refractivity contribution is -0.111. The maximum atomic E-state index is 12.1. The molecule has 3 aromatic carbocycles. The van der Waals surface area contributed by atoms with E-state index in [1.54, 1.807) is 29.5 Å². The van der Waals surface area contributed by atoms with Gasteiger partial charge in [0.25, 0.3) is 0 Å². The third-order valence-electron chi connectivity index (χ3n) is 4.22. The fourth-order valence-corrected chi connectivity index (χ4v) is 4.09. The largest absolute Gasteiger partial charge is 0.323 e. The number of nitrogens with zero attached hydrogens (tertiary/aromatic N) is 1. The normalized spacial score (nSPS) is 11.2. The van der Waals surface area contributed by atoms with E-state index in [-0.39, 0.29) is 5.91 Å². The van der Waals surface area contributed by atoms with E-state index in [1.807, 2.05) is 42.5 Å². The number of thiazole rings is 1. The fraction of sp³-hybridized carbons (Fsp3) is 0.0435. The zero-order chi connectivity index (χ0) is 19.5. The van der Waals surface area contributed by atoms with Gasteiger partial charge in [-0.15, -0.1) is 11.3 Å². The summed E-state index contributed by atoms with van der Waals surface area (Å²) in [4.78, 5) is 16.8. The lowest BCUT2D eigenvalue weighted by atomic mass is 10.2. The molecule has 4 aromatic rings. The molecule has 0 unspecified atom stereocenters. The highest BCUT2D eigenvalue weighted by atomic mass is 35.5. The molecule has 0 bridgehead atoms. The van der Waals surface area contributed by atoms with Crippen molar-refractivity contribution >= 4 is 50.8 Å². The molecule has 0 fully saturated rings. The molecule has 3 nitrogen and oxygen atoms in total. The van der Waals surface area contributed by atoms with E-state index in [1.165, 1.54) is 16.3 Å². The second-order valence-corrected chi connectivity index (χ2v) is 7.91. The number of hydrogen-bond donors (Lipinski definition) is 1. The summed E-state index contributed by atoms with van der Waals surface area (Å²) >= 11 is 7.62. The molecule has 0 aliphatic heterocycles. The Morgan fingerprint density at radius 2 is 1.89 bits per heavy atom. The molecule has 0 spiro atoms. The van der Waals surface area contributed by atoms with E-state index in [2.05, 4.69) is 24.4 Å². The number of carbonyl (C=O) groups excluding carboxylic acids is 1. The Labute approximate surface area is 172 Å². The van der Waals surface area contributed by atoms with Crippen LogP contribution in [-0.2, 0) is 4.79 Å². The third kappa shape index (κ3) is 4.30. The van der Waals surface area contributed by atoms with Crippen molar-refractivity contribution in [1.29, 1.82) is 0 Å². The molecule has 1 N–H and O–H groups in total. The van der Waals surface area contributed by atoms with Gasteiger partial charge in [-0.2, -0.15) is 0 Å². The summed E-state index contributed by atoms with van der Waals surface area (Å²) < 4.78 is 1.18. The van der Waals surface area contributed by atoms with E-state index < -0.39 is 0 Å². The first-order valence-corrected chi connectivity index (χ1v) is 9.98. The number of anilines is 1. The third-order valence-corrected chi connectivity index (χ3v) is 5.52. The fourth-order valence-electron chi connectivity index (χ4n) is 2.82.